The third-order valence-corrected chi connectivity index (χ3v) is 2.84. The number of rotatable bonds is 10. The molecule has 0 aliphatic rings. The second-order valence-corrected chi connectivity index (χ2v) is 3.86. The highest BCUT2D eigenvalue weighted by Gasteiger charge is 2.26. The number of carboxylic acid groups (broad SMARTS) is 2. The molecule has 0 amide bonds. The Labute approximate surface area is 106 Å². The molecular weight excluding hydrogens is 240 g/mol. The van der Waals surface area contributed by atoms with Crippen LogP contribution in [0.1, 0.15) is 12.8 Å². The topological polar surface area (TPSA) is 123 Å². The molecule has 0 radical (unpaired) electrons. The summed E-state index contributed by atoms with van der Waals surface area (Å²) in [5, 5.41) is 29.3. The Morgan fingerprint density at radius 3 is 1.94 bits per heavy atom. The van der Waals surface area contributed by atoms with Crippen molar-refractivity contribution in [2.75, 3.05) is 27.7 Å². The smallest absolute Gasteiger partial charge is 0.320 e. The number of aliphatic carboxylic acids is 2. The van der Waals surface area contributed by atoms with Crippen molar-refractivity contribution in [3.8, 4) is 0 Å². The third kappa shape index (κ3) is 5.41. The minimum absolute atomic E-state index is 0.0396. The van der Waals surface area contributed by atoms with Crippen molar-refractivity contribution >= 4 is 11.9 Å². The Morgan fingerprint density at radius 1 is 1.11 bits per heavy atom. The minimum Gasteiger partial charge on any atom is -0.481 e. The fourth-order valence-electron chi connectivity index (χ4n) is 1.50. The molecule has 0 bridgehead atoms. The lowest BCUT2D eigenvalue weighted by Crippen LogP contribution is -2.69. The first kappa shape index (κ1) is 16.8. The lowest BCUT2D eigenvalue weighted by atomic mass is 10.1. The highest BCUT2D eigenvalue weighted by molar-refractivity contribution is 5.75. The number of carbonyl (C=O) groups is 2. The molecule has 0 spiro atoms. The molecule has 106 valence electrons. The predicted molar refractivity (Wildman–Crippen MR) is 66.2 cm³/mol. The van der Waals surface area contributed by atoms with E-state index in [4.69, 9.17) is 10.2 Å². The van der Waals surface area contributed by atoms with Crippen molar-refractivity contribution in [3.05, 3.63) is 0 Å². The zero-order valence-corrected chi connectivity index (χ0v) is 10.9. The van der Waals surface area contributed by atoms with Crippen molar-refractivity contribution < 1.29 is 19.8 Å². The summed E-state index contributed by atoms with van der Waals surface area (Å²) < 4.78 is 0. The fourth-order valence-corrected chi connectivity index (χ4v) is 1.50. The third-order valence-electron chi connectivity index (χ3n) is 2.84. The van der Waals surface area contributed by atoms with Crippen molar-refractivity contribution in [3.63, 3.8) is 0 Å². The maximum absolute atomic E-state index is 11.0. The highest BCUT2D eigenvalue weighted by Crippen LogP contribution is 2.00. The summed E-state index contributed by atoms with van der Waals surface area (Å²) in [5.74, 6) is -2.71. The van der Waals surface area contributed by atoms with Gasteiger partial charge in [-0.05, 0) is 27.6 Å². The molecule has 0 heterocycles. The molecule has 0 aromatic heterocycles. The summed E-state index contributed by atoms with van der Waals surface area (Å²) in [6.45, 7) is 0.285. The lowest BCUT2D eigenvalue weighted by molar-refractivity contribution is -0.140. The Bertz CT molecular complexity index is 273. The van der Waals surface area contributed by atoms with Gasteiger partial charge in [-0.1, -0.05) is 0 Å². The van der Waals surface area contributed by atoms with Gasteiger partial charge in [0.1, 0.15) is 11.8 Å². The maximum Gasteiger partial charge on any atom is 0.320 e. The van der Waals surface area contributed by atoms with Crippen LogP contribution in [0, 0.1) is 0 Å². The first-order valence-electron chi connectivity index (χ1n) is 5.65. The van der Waals surface area contributed by atoms with Crippen LogP contribution in [0.5, 0.6) is 0 Å². The molecule has 0 aliphatic carbocycles. The summed E-state index contributed by atoms with van der Waals surface area (Å²) in [7, 11) is 5.17. The van der Waals surface area contributed by atoms with Gasteiger partial charge in [-0.2, -0.15) is 0 Å². The summed E-state index contributed by atoms with van der Waals surface area (Å²) in [6, 6.07) is -0.893. The van der Waals surface area contributed by atoms with Crippen LogP contribution in [0.2, 0.25) is 0 Å². The Hall–Kier alpha value is -1.22. The van der Waals surface area contributed by atoms with E-state index >= 15 is 0 Å². The second-order valence-electron chi connectivity index (χ2n) is 3.86. The van der Waals surface area contributed by atoms with Gasteiger partial charge in [0.2, 0.25) is 0 Å². The van der Waals surface area contributed by atoms with E-state index in [1.807, 2.05) is 0 Å². The van der Waals surface area contributed by atoms with Crippen molar-refractivity contribution in [1.82, 2.24) is 21.3 Å². The molecule has 0 saturated carbocycles. The number of carboxylic acids is 2. The van der Waals surface area contributed by atoms with Gasteiger partial charge in [0.15, 0.2) is 0 Å². The molecule has 0 unspecified atom stereocenters. The molecule has 6 N–H and O–H groups in total. The van der Waals surface area contributed by atoms with E-state index in [-0.39, 0.29) is 19.4 Å². The van der Waals surface area contributed by atoms with E-state index in [9.17, 15) is 9.59 Å². The molecule has 0 aromatic rings. The maximum atomic E-state index is 11.0. The Morgan fingerprint density at radius 2 is 1.61 bits per heavy atom. The van der Waals surface area contributed by atoms with E-state index in [1.165, 1.54) is 0 Å². The fraction of sp³-hybridized carbons (Fsp3) is 0.800. The Balaban J connectivity index is 4.41. The number of hydrogen-bond acceptors (Lipinski definition) is 6. The van der Waals surface area contributed by atoms with Crippen molar-refractivity contribution in [1.29, 1.82) is 0 Å². The molecule has 0 fully saturated rings. The van der Waals surface area contributed by atoms with Crippen LogP contribution in [0.3, 0.4) is 0 Å². The zero-order chi connectivity index (χ0) is 14.2. The molecule has 0 rings (SSSR count). The van der Waals surface area contributed by atoms with Crippen LogP contribution in [0.15, 0.2) is 0 Å². The largest absolute Gasteiger partial charge is 0.481 e. The average molecular weight is 262 g/mol. The standard InChI is InChI=1S/C10H22N4O4/c1-11-10(12-2,13-3)6-14-7(9(17)18)4-5-8(15)16/h7,11-14H,4-6H2,1-3H3,(H,15,16)(H,17,18)/t7-/m0/s1. The van der Waals surface area contributed by atoms with Gasteiger partial charge < -0.3 is 10.2 Å². The molecule has 0 aromatic carbocycles. The van der Waals surface area contributed by atoms with Gasteiger partial charge in [0, 0.05) is 13.0 Å². The van der Waals surface area contributed by atoms with Gasteiger partial charge >= 0.3 is 11.9 Å². The Kier molecular flexibility index (Phi) is 7.44. The van der Waals surface area contributed by atoms with Crippen molar-refractivity contribution in [2.24, 2.45) is 0 Å². The second kappa shape index (κ2) is 7.98. The lowest BCUT2D eigenvalue weighted by Gasteiger charge is -2.34. The van der Waals surface area contributed by atoms with Gasteiger partial charge in [-0.3, -0.25) is 30.9 Å². The summed E-state index contributed by atoms with van der Waals surface area (Å²) >= 11 is 0. The molecular formula is C10H22N4O4. The summed E-state index contributed by atoms with van der Waals surface area (Å²) in [6.07, 6.45) is -0.145. The van der Waals surface area contributed by atoms with E-state index in [0.29, 0.717) is 0 Å². The van der Waals surface area contributed by atoms with E-state index < -0.39 is 23.8 Å². The van der Waals surface area contributed by atoms with Gasteiger partial charge in [-0.25, -0.2) is 0 Å². The first-order chi connectivity index (χ1) is 8.40. The SMILES string of the molecule is CNC(CN[C@@H](CCC(=O)O)C(=O)O)(NC)NC. The number of nitrogens with one attached hydrogen (secondary N) is 4. The van der Waals surface area contributed by atoms with E-state index in [1.54, 1.807) is 21.1 Å². The molecule has 18 heavy (non-hydrogen) atoms. The van der Waals surface area contributed by atoms with Gasteiger partial charge in [-0.15, -0.1) is 0 Å². The number of likely N-dealkylation sites (N-methyl/N-ethyl adjacent to an activating group) is 3. The van der Waals surface area contributed by atoms with Crippen LogP contribution >= 0.6 is 0 Å². The van der Waals surface area contributed by atoms with E-state index in [0.717, 1.165) is 0 Å². The van der Waals surface area contributed by atoms with Crippen LogP contribution in [0.25, 0.3) is 0 Å². The molecule has 8 nitrogen and oxygen atoms in total. The predicted octanol–water partition coefficient (Wildman–Crippen LogP) is -1.79. The number of hydrogen-bond donors (Lipinski definition) is 6. The van der Waals surface area contributed by atoms with Crippen LogP contribution in [-0.4, -0.2) is 61.7 Å². The first-order valence-corrected chi connectivity index (χ1v) is 5.65. The summed E-state index contributed by atoms with van der Waals surface area (Å²) in [5.41, 5.74) is 0. The monoisotopic (exact) mass is 262 g/mol. The van der Waals surface area contributed by atoms with E-state index in [2.05, 4.69) is 21.3 Å². The molecule has 8 heteroatoms. The van der Waals surface area contributed by atoms with Crippen LogP contribution in [-0.2, 0) is 9.59 Å². The highest BCUT2D eigenvalue weighted by atomic mass is 16.4. The quantitative estimate of drug-likeness (QED) is 0.255. The normalized spacial score (nSPS) is 13.3. The molecule has 0 aliphatic heterocycles. The van der Waals surface area contributed by atoms with Gasteiger partial charge in [0.25, 0.3) is 0 Å². The average Bonchev–Trinajstić information content (AvgIpc) is 2.34. The zero-order valence-electron chi connectivity index (χ0n) is 10.9. The molecule has 0 saturated heterocycles. The summed E-state index contributed by atoms with van der Waals surface area (Å²) in [4.78, 5) is 21.4. The minimum atomic E-state index is -1.06. The van der Waals surface area contributed by atoms with Crippen LogP contribution in [0.4, 0.5) is 0 Å². The van der Waals surface area contributed by atoms with Crippen molar-refractivity contribution in [2.45, 2.75) is 24.7 Å². The van der Waals surface area contributed by atoms with Gasteiger partial charge in [0.05, 0.1) is 0 Å². The molecule has 1 atom stereocenters. The van der Waals surface area contributed by atoms with Crippen LogP contribution < -0.4 is 21.3 Å².